The molecule has 0 fully saturated rings. The molecule has 1 N–H and O–H groups in total. The SMILES string of the molecule is CCNCc1cc(Br)c(OCc2ccsc2)c(Br)c1. The zero-order valence-electron chi connectivity index (χ0n) is 10.6. The Kier molecular flexibility index (Phi) is 5.88. The fraction of sp³-hybridized carbons (Fsp3) is 0.286. The zero-order valence-corrected chi connectivity index (χ0v) is 14.6. The molecule has 5 heteroatoms. The molecule has 102 valence electrons. The van der Waals surface area contributed by atoms with Crippen LogP contribution in [0.15, 0.2) is 37.9 Å². The van der Waals surface area contributed by atoms with Gasteiger partial charge in [0.15, 0.2) is 0 Å². The molecule has 0 bridgehead atoms. The van der Waals surface area contributed by atoms with E-state index in [1.54, 1.807) is 11.3 Å². The van der Waals surface area contributed by atoms with Crippen molar-refractivity contribution < 1.29 is 4.74 Å². The number of nitrogens with one attached hydrogen (secondary N) is 1. The number of thiophene rings is 1. The van der Waals surface area contributed by atoms with Crippen molar-refractivity contribution in [3.05, 3.63) is 49.0 Å². The van der Waals surface area contributed by atoms with E-state index in [9.17, 15) is 0 Å². The Balaban J connectivity index is 2.08. The molecule has 2 aromatic rings. The molecule has 2 rings (SSSR count). The summed E-state index contributed by atoms with van der Waals surface area (Å²) >= 11 is 8.83. The zero-order chi connectivity index (χ0) is 13.7. The first-order valence-corrected chi connectivity index (χ1v) is 8.56. The average molecular weight is 405 g/mol. The Morgan fingerprint density at radius 1 is 1.21 bits per heavy atom. The summed E-state index contributed by atoms with van der Waals surface area (Å²) in [4.78, 5) is 0. The van der Waals surface area contributed by atoms with E-state index >= 15 is 0 Å². The average Bonchev–Trinajstić information content (AvgIpc) is 2.88. The second-order valence-electron chi connectivity index (χ2n) is 4.09. The molecule has 0 radical (unpaired) electrons. The highest BCUT2D eigenvalue weighted by atomic mass is 79.9. The van der Waals surface area contributed by atoms with Crippen LogP contribution >= 0.6 is 43.2 Å². The van der Waals surface area contributed by atoms with Crippen molar-refractivity contribution in [2.75, 3.05) is 6.54 Å². The van der Waals surface area contributed by atoms with Crippen LogP contribution < -0.4 is 10.1 Å². The Hall–Kier alpha value is -0.360. The standard InChI is InChI=1S/C14H15Br2NOS/c1-2-17-7-11-5-12(15)14(13(16)6-11)18-8-10-3-4-19-9-10/h3-6,9,17H,2,7-8H2,1H3. The summed E-state index contributed by atoms with van der Waals surface area (Å²) in [5.41, 5.74) is 2.42. The third-order valence-electron chi connectivity index (χ3n) is 2.60. The molecule has 0 amide bonds. The van der Waals surface area contributed by atoms with Crippen LogP contribution in [0.5, 0.6) is 5.75 Å². The maximum atomic E-state index is 5.86. The summed E-state index contributed by atoms with van der Waals surface area (Å²) in [6.07, 6.45) is 0. The predicted molar refractivity (Wildman–Crippen MR) is 87.9 cm³/mol. The van der Waals surface area contributed by atoms with Crippen molar-refractivity contribution >= 4 is 43.2 Å². The highest BCUT2D eigenvalue weighted by molar-refractivity contribution is 9.11. The second-order valence-corrected chi connectivity index (χ2v) is 6.58. The lowest BCUT2D eigenvalue weighted by molar-refractivity contribution is 0.302. The molecule has 0 saturated heterocycles. The summed E-state index contributed by atoms with van der Waals surface area (Å²) < 4.78 is 7.82. The lowest BCUT2D eigenvalue weighted by atomic mass is 10.2. The van der Waals surface area contributed by atoms with E-state index in [0.29, 0.717) is 6.61 Å². The van der Waals surface area contributed by atoms with Crippen LogP contribution in [0.4, 0.5) is 0 Å². The molecule has 0 aliphatic carbocycles. The summed E-state index contributed by atoms with van der Waals surface area (Å²) in [5.74, 6) is 0.853. The van der Waals surface area contributed by atoms with Gasteiger partial charge in [-0.15, -0.1) is 0 Å². The molecular weight excluding hydrogens is 390 g/mol. The predicted octanol–water partition coefficient (Wildman–Crippen LogP) is 4.96. The van der Waals surface area contributed by atoms with Crippen molar-refractivity contribution in [3.63, 3.8) is 0 Å². The quantitative estimate of drug-likeness (QED) is 0.734. The van der Waals surface area contributed by atoms with E-state index in [1.165, 1.54) is 11.1 Å². The number of rotatable bonds is 6. The van der Waals surface area contributed by atoms with Gasteiger partial charge >= 0.3 is 0 Å². The minimum absolute atomic E-state index is 0.591. The van der Waals surface area contributed by atoms with Gasteiger partial charge in [0.2, 0.25) is 0 Å². The van der Waals surface area contributed by atoms with Crippen LogP contribution in [0.2, 0.25) is 0 Å². The maximum Gasteiger partial charge on any atom is 0.148 e. The van der Waals surface area contributed by atoms with Crippen molar-refractivity contribution in [1.82, 2.24) is 5.32 Å². The highest BCUT2D eigenvalue weighted by Crippen LogP contribution is 2.35. The van der Waals surface area contributed by atoms with Crippen molar-refractivity contribution in [1.29, 1.82) is 0 Å². The summed E-state index contributed by atoms with van der Waals surface area (Å²) in [6, 6.07) is 6.26. The minimum Gasteiger partial charge on any atom is -0.487 e. The van der Waals surface area contributed by atoms with Crippen LogP contribution in [0.3, 0.4) is 0 Å². The van der Waals surface area contributed by atoms with E-state index in [2.05, 4.69) is 73.1 Å². The fourth-order valence-electron chi connectivity index (χ4n) is 1.65. The summed E-state index contributed by atoms with van der Waals surface area (Å²) in [7, 11) is 0. The van der Waals surface area contributed by atoms with Gasteiger partial charge in [-0.3, -0.25) is 0 Å². The van der Waals surface area contributed by atoms with E-state index in [-0.39, 0.29) is 0 Å². The number of hydrogen-bond donors (Lipinski definition) is 1. The molecular formula is C14H15Br2NOS. The first-order chi connectivity index (χ1) is 9.20. The highest BCUT2D eigenvalue weighted by Gasteiger charge is 2.09. The first-order valence-electron chi connectivity index (χ1n) is 6.03. The van der Waals surface area contributed by atoms with Crippen LogP contribution in [0, 0.1) is 0 Å². The van der Waals surface area contributed by atoms with Gasteiger partial charge in [-0.2, -0.15) is 11.3 Å². The molecule has 1 aromatic heterocycles. The molecule has 0 unspecified atom stereocenters. The Morgan fingerprint density at radius 2 is 1.95 bits per heavy atom. The van der Waals surface area contributed by atoms with Crippen LogP contribution in [-0.4, -0.2) is 6.54 Å². The van der Waals surface area contributed by atoms with Gasteiger partial charge < -0.3 is 10.1 Å². The summed E-state index contributed by atoms with van der Waals surface area (Å²) in [5, 5.41) is 7.47. The minimum atomic E-state index is 0.591. The van der Waals surface area contributed by atoms with Crippen molar-refractivity contribution in [2.24, 2.45) is 0 Å². The van der Waals surface area contributed by atoms with E-state index in [0.717, 1.165) is 27.8 Å². The molecule has 0 aliphatic heterocycles. The van der Waals surface area contributed by atoms with Gasteiger partial charge in [0.05, 0.1) is 8.95 Å². The molecule has 1 aromatic carbocycles. The van der Waals surface area contributed by atoms with E-state index in [1.807, 2.05) is 0 Å². The Morgan fingerprint density at radius 3 is 2.53 bits per heavy atom. The summed E-state index contributed by atoms with van der Waals surface area (Å²) in [6.45, 7) is 4.51. The maximum absolute atomic E-state index is 5.86. The van der Waals surface area contributed by atoms with Gasteiger partial charge in [0.25, 0.3) is 0 Å². The monoisotopic (exact) mass is 403 g/mol. The first kappa shape index (κ1) is 15.0. The molecule has 0 spiro atoms. The third-order valence-corrected chi connectivity index (χ3v) is 4.51. The number of hydrogen-bond acceptors (Lipinski definition) is 3. The normalized spacial score (nSPS) is 10.7. The van der Waals surface area contributed by atoms with Gasteiger partial charge in [0, 0.05) is 6.54 Å². The second kappa shape index (κ2) is 7.43. The van der Waals surface area contributed by atoms with Crippen LogP contribution in [0.25, 0.3) is 0 Å². The van der Waals surface area contributed by atoms with Crippen molar-refractivity contribution in [2.45, 2.75) is 20.1 Å². The third kappa shape index (κ3) is 4.31. The number of halogens is 2. The molecule has 0 atom stereocenters. The lowest BCUT2D eigenvalue weighted by Gasteiger charge is -2.12. The molecule has 0 aliphatic rings. The largest absolute Gasteiger partial charge is 0.487 e. The van der Waals surface area contributed by atoms with Gasteiger partial charge in [0.1, 0.15) is 12.4 Å². The van der Waals surface area contributed by atoms with Crippen LogP contribution in [0.1, 0.15) is 18.1 Å². The molecule has 2 nitrogen and oxygen atoms in total. The number of ether oxygens (including phenoxy) is 1. The number of benzene rings is 1. The van der Waals surface area contributed by atoms with Gasteiger partial charge in [-0.1, -0.05) is 6.92 Å². The lowest BCUT2D eigenvalue weighted by Crippen LogP contribution is -2.11. The molecule has 1 heterocycles. The Labute approximate surface area is 134 Å². The van der Waals surface area contributed by atoms with Crippen molar-refractivity contribution in [3.8, 4) is 5.75 Å². The fourth-order valence-corrected chi connectivity index (χ4v) is 3.82. The Bertz CT molecular complexity index is 505. The van der Waals surface area contributed by atoms with Gasteiger partial charge in [-0.25, -0.2) is 0 Å². The van der Waals surface area contributed by atoms with Gasteiger partial charge in [-0.05, 0) is 78.5 Å². The molecule has 19 heavy (non-hydrogen) atoms. The molecule has 0 saturated carbocycles. The van der Waals surface area contributed by atoms with Crippen LogP contribution in [-0.2, 0) is 13.2 Å². The van der Waals surface area contributed by atoms with E-state index in [4.69, 9.17) is 4.74 Å². The smallest absolute Gasteiger partial charge is 0.148 e. The topological polar surface area (TPSA) is 21.3 Å². The van der Waals surface area contributed by atoms with E-state index < -0.39 is 0 Å².